The van der Waals surface area contributed by atoms with Crippen molar-refractivity contribution in [3.8, 4) is 11.9 Å². The molecule has 1 fully saturated rings. The van der Waals surface area contributed by atoms with E-state index in [4.69, 9.17) is 14.2 Å². The fourth-order valence-electron chi connectivity index (χ4n) is 2.39. The number of aromatic nitrogens is 2. The minimum absolute atomic E-state index is 0.112. The van der Waals surface area contributed by atoms with Crippen LogP contribution >= 0.6 is 0 Å². The van der Waals surface area contributed by atoms with Crippen molar-refractivity contribution in [1.29, 1.82) is 0 Å². The van der Waals surface area contributed by atoms with E-state index in [1.807, 2.05) is 13.0 Å². The van der Waals surface area contributed by atoms with Gasteiger partial charge in [0.1, 0.15) is 0 Å². The van der Waals surface area contributed by atoms with E-state index >= 15 is 0 Å². The van der Waals surface area contributed by atoms with Gasteiger partial charge in [-0.1, -0.05) is 0 Å². The van der Waals surface area contributed by atoms with Gasteiger partial charge in [0, 0.05) is 0 Å². The Bertz CT molecular complexity index is 639. The average Bonchev–Trinajstić information content (AvgIpc) is 3.02. The molecule has 2 heterocycles. The summed E-state index contributed by atoms with van der Waals surface area (Å²) in [5.41, 5.74) is 0.891. The molecule has 0 saturated carbocycles. The first kappa shape index (κ1) is 16.2. The Morgan fingerprint density at radius 3 is 2.87 bits per heavy atom. The summed E-state index contributed by atoms with van der Waals surface area (Å²) in [5.74, 6) is 0.549. The Morgan fingerprint density at radius 2 is 2.09 bits per heavy atom. The number of hydrogen-bond acceptors (Lipinski definition) is 5. The quantitative estimate of drug-likeness (QED) is 0.716. The number of benzene rings is 1. The molecule has 0 aliphatic carbocycles. The zero-order valence-electron chi connectivity index (χ0n) is 13.3. The van der Waals surface area contributed by atoms with Gasteiger partial charge >= 0.3 is 142 Å². The van der Waals surface area contributed by atoms with Crippen molar-refractivity contribution in [1.82, 2.24) is 9.97 Å². The SMILES string of the molecule is COc1nc(OC[C@@H]2CC[C@H]([Se]c3ccccc3)O2)ncc1C. The molecule has 0 radical (unpaired) electrons. The van der Waals surface area contributed by atoms with Gasteiger partial charge in [-0.2, -0.15) is 0 Å². The van der Waals surface area contributed by atoms with Crippen LogP contribution in [0.3, 0.4) is 0 Å². The van der Waals surface area contributed by atoms with Crippen LogP contribution in [-0.2, 0) is 4.74 Å². The molecule has 0 bridgehead atoms. The maximum atomic E-state index is 6.08. The second-order valence-corrected chi connectivity index (χ2v) is 7.94. The summed E-state index contributed by atoms with van der Waals surface area (Å²) in [5, 5.41) is 0.326. The van der Waals surface area contributed by atoms with Gasteiger partial charge in [-0.15, -0.1) is 0 Å². The normalized spacial score (nSPS) is 20.4. The van der Waals surface area contributed by atoms with Crippen LogP contribution in [0.2, 0.25) is 0 Å². The van der Waals surface area contributed by atoms with Gasteiger partial charge in [0.2, 0.25) is 0 Å². The van der Waals surface area contributed by atoms with Crippen LogP contribution in [0.5, 0.6) is 11.9 Å². The topological polar surface area (TPSA) is 53.5 Å². The van der Waals surface area contributed by atoms with Crippen LogP contribution < -0.4 is 13.9 Å². The van der Waals surface area contributed by atoms with E-state index in [0.717, 1.165) is 18.4 Å². The van der Waals surface area contributed by atoms with Gasteiger partial charge in [0.15, 0.2) is 0 Å². The number of aryl methyl sites for hydroxylation is 1. The van der Waals surface area contributed by atoms with Gasteiger partial charge in [-0.25, -0.2) is 0 Å². The second-order valence-electron chi connectivity index (χ2n) is 5.35. The average molecular weight is 379 g/mol. The van der Waals surface area contributed by atoms with Crippen LogP contribution in [-0.4, -0.2) is 49.7 Å². The number of hydrogen-bond donors (Lipinski definition) is 0. The number of ether oxygens (including phenoxy) is 3. The molecule has 3 rings (SSSR count). The second kappa shape index (κ2) is 7.77. The van der Waals surface area contributed by atoms with Crippen LogP contribution in [0.1, 0.15) is 18.4 Å². The Hall–Kier alpha value is -1.62. The van der Waals surface area contributed by atoms with Gasteiger partial charge in [0.25, 0.3) is 0 Å². The van der Waals surface area contributed by atoms with Crippen molar-refractivity contribution in [2.75, 3.05) is 13.7 Å². The molecule has 122 valence electrons. The van der Waals surface area contributed by atoms with Gasteiger partial charge in [0.05, 0.1) is 0 Å². The number of methoxy groups -OCH3 is 1. The van der Waals surface area contributed by atoms with E-state index in [1.54, 1.807) is 13.3 Å². The van der Waals surface area contributed by atoms with Crippen molar-refractivity contribution >= 4 is 19.4 Å². The summed E-state index contributed by atoms with van der Waals surface area (Å²) >= 11 is 0.347. The molecule has 0 spiro atoms. The number of nitrogens with zero attached hydrogens (tertiary/aromatic N) is 2. The van der Waals surface area contributed by atoms with E-state index in [9.17, 15) is 0 Å². The zero-order valence-corrected chi connectivity index (χ0v) is 15.0. The first-order valence-corrected chi connectivity index (χ1v) is 9.47. The van der Waals surface area contributed by atoms with Gasteiger partial charge in [-0.05, 0) is 0 Å². The fraction of sp³-hybridized carbons (Fsp3) is 0.412. The first-order chi connectivity index (χ1) is 11.2. The van der Waals surface area contributed by atoms with Crippen molar-refractivity contribution in [3.63, 3.8) is 0 Å². The van der Waals surface area contributed by atoms with Crippen molar-refractivity contribution in [3.05, 3.63) is 42.1 Å². The van der Waals surface area contributed by atoms with Crippen LogP contribution in [0, 0.1) is 6.92 Å². The van der Waals surface area contributed by atoms with Crippen molar-refractivity contribution < 1.29 is 14.2 Å². The molecule has 1 saturated heterocycles. The fourth-order valence-corrected chi connectivity index (χ4v) is 4.66. The van der Waals surface area contributed by atoms with Crippen molar-refractivity contribution in [2.24, 2.45) is 0 Å². The predicted octanol–water partition coefficient (Wildman–Crippen LogP) is 1.71. The molecule has 6 heteroatoms. The molecular weight excluding hydrogens is 359 g/mol. The summed E-state index contributed by atoms with van der Waals surface area (Å²) < 4.78 is 18.3. The van der Waals surface area contributed by atoms with Crippen molar-refractivity contribution in [2.45, 2.75) is 30.9 Å². The third-order valence-electron chi connectivity index (χ3n) is 3.57. The minimum atomic E-state index is 0.112. The molecule has 2 aromatic rings. The van der Waals surface area contributed by atoms with Gasteiger partial charge in [-0.3, -0.25) is 0 Å². The van der Waals surface area contributed by atoms with Crippen LogP contribution in [0.25, 0.3) is 0 Å². The van der Waals surface area contributed by atoms with E-state index in [0.29, 0.717) is 38.5 Å². The Kier molecular flexibility index (Phi) is 5.49. The molecule has 1 aromatic carbocycles. The first-order valence-electron chi connectivity index (χ1n) is 7.62. The standard InChI is InChI=1S/C17H20N2O3Se/c1-12-10-18-17(19-16(12)20-2)21-11-13-8-9-15(22-13)23-14-6-4-3-5-7-14/h3-7,10,13,15H,8-9,11H2,1-2H3/t13-,15-/m0/s1. The Labute approximate surface area is 142 Å². The molecule has 0 unspecified atom stereocenters. The molecule has 2 atom stereocenters. The van der Waals surface area contributed by atoms with Crippen LogP contribution in [0.15, 0.2) is 36.5 Å². The van der Waals surface area contributed by atoms with E-state index in [2.05, 4.69) is 34.2 Å². The van der Waals surface area contributed by atoms with E-state index < -0.39 is 0 Å². The molecular formula is C17H20N2O3Se. The zero-order chi connectivity index (χ0) is 16.1. The molecule has 23 heavy (non-hydrogen) atoms. The van der Waals surface area contributed by atoms with Crippen LogP contribution in [0.4, 0.5) is 0 Å². The number of rotatable bonds is 6. The van der Waals surface area contributed by atoms with E-state index in [1.165, 1.54) is 4.46 Å². The summed E-state index contributed by atoms with van der Waals surface area (Å²) in [4.78, 5) is 8.40. The maximum absolute atomic E-state index is 6.08. The van der Waals surface area contributed by atoms with E-state index in [-0.39, 0.29) is 6.10 Å². The molecule has 1 aromatic heterocycles. The summed E-state index contributed by atoms with van der Waals surface area (Å²) in [6, 6.07) is 10.9. The summed E-state index contributed by atoms with van der Waals surface area (Å²) in [7, 11) is 1.59. The third kappa shape index (κ3) is 4.44. The molecule has 0 amide bonds. The monoisotopic (exact) mass is 380 g/mol. The van der Waals surface area contributed by atoms with Gasteiger partial charge < -0.3 is 0 Å². The molecule has 1 aliphatic rings. The molecule has 1 aliphatic heterocycles. The summed E-state index contributed by atoms with van der Waals surface area (Å²) in [6.07, 6.45) is 3.92. The Morgan fingerprint density at radius 1 is 1.26 bits per heavy atom. The molecule has 0 N–H and O–H groups in total. The predicted molar refractivity (Wildman–Crippen MR) is 88.5 cm³/mol. The third-order valence-corrected chi connectivity index (χ3v) is 6.00. The molecule has 5 nitrogen and oxygen atoms in total. The summed E-state index contributed by atoms with van der Waals surface area (Å²) in [6.45, 7) is 2.38. The Balaban J connectivity index is 1.48.